The number of halogens is 1. The van der Waals surface area contributed by atoms with E-state index in [9.17, 15) is 9.59 Å². The van der Waals surface area contributed by atoms with Gasteiger partial charge in [0.05, 0.1) is 0 Å². The molecule has 1 aromatic carbocycles. The van der Waals surface area contributed by atoms with E-state index in [0.29, 0.717) is 23.5 Å². The molecule has 0 spiro atoms. The summed E-state index contributed by atoms with van der Waals surface area (Å²) in [6.07, 6.45) is 4.79. The number of pyridine rings is 2. The van der Waals surface area contributed by atoms with Crippen molar-refractivity contribution in [2.24, 2.45) is 0 Å². The third-order valence-corrected chi connectivity index (χ3v) is 3.78. The van der Waals surface area contributed by atoms with E-state index in [1.165, 1.54) is 12.3 Å². The van der Waals surface area contributed by atoms with E-state index in [-0.39, 0.29) is 17.1 Å². The third-order valence-electron chi connectivity index (χ3n) is 3.57. The number of hydrogen-bond donors (Lipinski definition) is 3. The number of carbonyl (C=O) groups is 2. The molecule has 0 saturated heterocycles. The molecule has 3 aromatic rings. The Bertz CT molecular complexity index is 950. The summed E-state index contributed by atoms with van der Waals surface area (Å²) >= 11 is 5.80. The lowest BCUT2D eigenvalue weighted by Crippen LogP contribution is -2.28. The summed E-state index contributed by atoms with van der Waals surface area (Å²) in [5, 5.41) is 8.47. The summed E-state index contributed by atoms with van der Waals surface area (Å²) in [5.74, 6) is -0.321. The minimum absolute atomic E-state index is 0.240. The topological polar surface area (TPSA) is 96.0 Å². The van der Waals surface area contributed by atoms with Crippen LogP contribution in [0.1, 0.15) is 15.9 Å². The maximum Gasteiger partial charge on any atom is 0.319 e. The van der Waals surface area contributed by atoms with Gasteiger partial charge in [-0.15, -0.1) is 0 Å². The molecular formula is C19H16ClN5O2. The molecule has 136 valence electrons. The monoisotopic (exact) mass is 381 g/mol. The van der Waals surface area contributed by atoms with E-state index in [1.54, 1.807) is 42.7 Å². The first-order valence-electron chi connectivity index (χ1n) is 8.07. The van der Waals surface area contributed by atoms with Crippen LogP contribution in [0.25, 0.3) is 0 Å². The highest BCUT2D eigenvalue weighted by molar-refractivity contribution is 6.29. The zero-order valence-electron chi connectivity index (χ0n) is 14.1. The fraction of sp³-hybridized carbons (Fsp3) is 0.0526. The molecular weight excluding hydrogens is 366 g/mol. The van der Waals surface area contributed by atoms with Gasteiger partial charge in [-0.05, 0) is 48.0 Å². The van der Waals surface area contributed by atoms with Crippen molar-refractivity contribution in [2.45, 2.75) is 6.54 Å². The molecule has 0 atom stereocenters. The highest BCUT2D eigenvalue weighted by atomic mass is 35.5. The van der Waals surface area contributed by atoms with Gasteiger partial charge >= 0.3 is 6.03 Å². The summed E-state index contributed by atoms with van der Waals surface area (Å²) in [5.41, 5.74) is 2.42. The molecule has 8 heteroatoms. The van der Waals surface area contributed by atoms with Crippen LogP contribution < -0.4 is 16.0 Å². The normalized spacial score (nSPS) is 10.1. The number of amides is 3. The SMILES string of the molecule is O=C(NCc1ccncc1)Nc1cccc(NC(=O)c2ccnc(Cl)c2)c1. The van der Waals surface area contributed by atoms with Crippen LogP contribution in [0.5, 0.6) is 0 Å². The lowest BCUT2D eigenvalue weighted by Gasteiger charge is -2.10. The van der Waals surface area contributed by atoms with E-state index >= 15 is 0 Å². The van der Waals surface area contributed by atoms with Crippen LogP contribution in [-0.4, -0.2) is 21.9 Å². The number of nitrogens with one attached hydrogen (secondary N) is 3. The summed E-state index contributed by atoms with van der Waals surface area (Å²) in [6, 6.07) is 13.2. The summed E-state index contributed by atoms with van der Waals surface area (Å²) < 4.78 is 0. The average molecular weight is 382 g/mol. The van der Waals surface area contributed by atoms with Gasteiger partial charge in [-0.3, -0.25) is 9.78 Å². The molecule has 0 unspecified atom stereocenters. The molecule has 0 bridgehead atoms. The maximum absolute atomic E-state index is 12.3. The van der Waals surface area contributed by atoms with Gasteiger partial charge in [0.1, 0.15) is 5.15 Å². The van der Waals surface area contributed by atoms with Crippen LogP contribution in [-0.2, 0) is 6.54 Å². The first-order chi connectivity index (χ1) is 13.1. The van der Waals surface area contributed by atoms with Crippen LogP contribution in [0.3, 0.4) is 0 Å². The average Bonchev–Trinajstić information content (AvgIpc) is 2.67. The largest absolute Gasteiger partial charge is 0.334 e. The fourth-order valence-corrected chi connectivity index (χ4v) is 2.45. The molecule has 0 radical (unpaired) electrons. The van der Waals surface area contributed by atoms with Gasteiger partial charge in [0.25, 0.3) is 5.91 Å². The molecule has 0 saturated carbocycles. The van der Waals surface area contributed by atoms with E-state index in [2.05, 4.69) is 25.9 Å². The summed E-state index contributed by atoms with van der Waals surface area (Å²) in [6.45, 7) is 0.383. The smallest absolute Gasteiger partial charge is 0.319 e. The second kappa shape index (κ2) is 8.77. The zero-order valence-corrected chi connectivity index (χ0v) is 14.9. The van der Waals surface area contributed by atoms with Gasteiger partial charge in [-0.25, -0.2) is 9.78 Å². The Balaban J connectivity index is 1.58. The standard InChI is InChI=1S/C19H16ClN5O2/c20-17-10-14(6-9-22-17)18(26)24-15-2-1-3-16(11-15)25-19(27)23-12-13-4-7-21-8-5-13/h1-11H,12H2,(H,24,26)(H2,23,25,27). The van der Waals surface area contributed by atoms with E-state index in [0.717, 1.165) is 5.56 Å². The lowest BCUT2D eigenvalue weighted by molar-refractivity contribution is 0.102. The van der Waals surface area contributed by atoms with Crippen molar-refractivity contribution in [3.8, 4) is 0 Å². The van der Waals surface area contributed by atoms with E-state index < -0.39 is 0 Å². The van der Waals surface area contributed by atoms with Crippen molar-refractivity contribution in [1.29, 1.82) is 0 Å². The molecule has 0 aliphatic heterocycles. The zero-order chi connectivity index (χ0) is 19.1. The molecule has 2 aromatic heterocycles. The number of anilines is 2. The van der Waals surface area contributed by atoms with Crippen LogP contribution in [0.4, 0.5) is 16.2 Å². The number of benzene rings is 1. The summed E-state index contributed by atoms with van der Waals surface area (Å²) in [4.78, 5) is 32.1. The lowest BCUT2D eigenvalue weighted by atomic mass is 10.2. The Kier molecular flexibility index (Phi) is 5.96. The van der Waals surface area contributed by atoms with Crippen LogP contribution in [0, 0.1) is 0 Å². The van der Waals surface area contributed by atoms with Gasteiger partial charge in [0.2, 0.25) is 0 Å². The first-order valence-corrected chi connectivity index (χ1v) is 8.45. The minimum atomic E-state index is -0.351. The Morgan fingerprint density at radius 1 is 0.926 bits per heavy atom. The minimum Gasteiger partial charge on any atom is -0.334 e. The number of nitrogens with zero attached hydrogens (tertiary/aromatic N) is 2. The Morgan fingerprint density at radius 3 is 2.41 bits per heavy atom. The van der Waals surface area contributed by atoms with Gasteiger partial charge < -0.3 is 16.0 Å². The van der Waals surface area contributed by atoms with Gasteiger partial charge in [-0.1, -0.05) is 17.7 Å². The van der Waals surface area contributed by atoms with E-state index in [1.807, 2.05) is 12.1 Å². The Morgan fingerprint density at radius 2 is 1.67 bits per heavy atom. The molecule has 7 nitrogen and oxygen atoms in total. The van der Waals surface area contributed by atoms with Crippen LogP contribution >= 0.6 is 11.6 Å². The molecule has 0 aliphatic carbocycles. The second-order valence-corrected chi connectivity index (χ2v) is 5.95. The van der Waals surface area contributed by atoms with Crippen LogP contribution in [0.15, 0.2) is 67.1 Å². The summed E-state index contributed by atoms with van der Waals surface area (Å²) in [7, 11) is 0. The van der Waals surface area contributed by atoms with Crippen LogP contribution in [0.2, 0.25) is 5.15 Å². The highest BCUT2D eigenvalue weighted by Gasteiger charge is 2.08. The van der Waals surface area contributed by atoms with Crippen molar-refractivity contribution in [3.05, 3.63) is 83.4 Å². The van der Waals surface area contributed by atoms with Crippen molar-refractivity contribution < 1.29 is 9.59 Å². The molecule has 2 heterocycles. The van der Waals surface area contributed by atoms with Crippen molar-refractivity contribution in [3.63, 3.8) is 0 Å². The predicted molar refractivity (Wildman–Crippen MR) is 104 cm³/mol. The van der Waals surface area contributed by atoms with Gasteiger partial charge in [0.15, 0.2) is 0 Å². The number of carbonyl (C=O) groups excluding carboxylic acids is 2. The Labute approximate surface area is 160 Å². The molecule has 27 heavy (non-hydrogen) atoms. The molecule has 3 amide bonds. The number of aromatic nitrogens is 2. The van der Waals surface area contributed by atoms with Crippen molar-refractivity contribution in [2.75, 3.05) is 10.6 Å². The van der Waals surface area contributed by atoms with Crippen molar-refractivity contribution in [1.82, 2.24) is 15.3 Å². The number of rotatable bonds is 5. The Hall–Kier alpha value is -3.45. The second-order valence-electron chi connectivity index (χ2n) is 5.57. The van der Waals surface area contributed by atoms with E-state index in [4.69, 9.17) is 11.6 Å². The predicted octanol–water partition coefficient (Wildman–Crippen LogP) is 3.70. The van der Waals surface area contributed by atoms with Gasteiger partial charge in [-0.2, -0.15) is 0 Å². The quantitative estimate of drug-likeness (QED) is 0.587. The number of hydrogen-bond acceptors (Lipinski definition) is 4. The fourth-order valence-electron chi connectivity index (χ4n) is 2.28. The molecule has 3 rings (SSSR count). The number of urea groups is 1. The first kappa shape index (κ1) is 18.3. The van der Waals surface area contributed by atoms with Crippen molar-refractivity contribution >= 4 is 34.9 Å². The third kappa shape index (κ3) is 5.52. The van der Waals surface area contributed by atoms with Gasteiger partial charge in [0, 0.05) is 42.1 Å². The molecule has 3 N–H and O–H groups in total. The molecule has 0 aliphatic rings. The molecule has 0 fully saturated rings. The maximum atomic E-state index is 12.3. The highest BCUT2D eigenvalue weighted by Crippen LogP contribution is 2.17.